The van der Waals surface area contributed by atoms with Crippen LogP contribution in [0.4, 0.5) is 0 Å². The molecule has 0 spiro atoms. The molecule has 0 aliphatic rings. The van der Waals surface area contributed by atoms with E-state index in [1.807, 2.05) is 0 Å². The SMILES string of the molecule is CC(=CCCl)CCCC(C)CCCC(C)CCCC(C)C. The van der Waals surface area contributed by atoms with Crippen LogP contribution in [-0.2, 0) is 0 Å². The number of allylic oxidation sites excluding steroid dienone is 2. The quantitative estimate of drug-likeness (QED) is 0.242. The van der Waals surface area contributed by atoms with Crippen LogP contribution in [0.2, 0.25) is 0 Å². The summed E-state index contributed by atoms with van der Waals surface area (Å²) in [7, 11) is 0. The Morgan fingerprint density at radius 1 is 0.810 bits per heavy atom. The minimum atomic E-state index is 0.663. The maximum absolute atomic E-state index is 5.71. The van der Waals surface area contributed by atoms with Crippen LogP contribution >= 0.6 is 11.6 Å². The molecule has 0 aromatic heterocycles. The molecule has 2 atom stereocenters. The number of hydrogen-bond acceptors (Lipinski definition) is 0. The van der Waals surface area contributed by atoms with Gasteiger partial charge in [0.25, 0.3) is 0 Å². The average Bonchev–Trinajstić information content (AvgIpc) is 2.38. The third-order valence-corrected chi connectivity index (χ3v) is 4.72. The maximum Gasteiger partial charge on any atom is 0.0406 e. The molecule has 0 aromatic carbocycles. The van der Waals surface area contributed by atoms with E-state index >= 15 is 0 Å². The first-order valence-corrected chi connectivity index (χ1v) is 9.70. The number of hydrogen-bond donors (Lipinski definition) is 0. The first kappa shape index (κ1) is 21.0. The molecule has 0 bridgehead atoms. The summed E-state index contributed by atoms with van der Waals surface area (Å²) in [5, 5.41) is 0. The van der Waals surface area contributed by atoms with Gasteiger partial charge in [0.15, 0.2) is 0 Å². The average molecular weight is 315 g/mol. The van der Waals surface area contributed by atoms with Gasteiger partial charge in [-0.3, -0.25) is 0 Å². The lowest BCUT2D eigenvalue weighted by Crippen LogP contribution is -2.00. The summed E-state index contributed by atoms with van der Waals surface area (Å²) in [6.07, 6.45) is 14.6. The molecule has 0 nitrogen and oxygen atoms in total. The van der Waals surface area contributed by atoms with Crippen molar-refractivity contribution in [2.45, 2.75) is 92.4 Å². The highest BCUT2D eigenvalue weighted by molar-refractivity contribution is 6.18. The van der Waals surface area contributed by atoms with Gasteiger partial charge in [-0.1, -0.05) is 84.3 Å². The minimum Gasteiger partial charge on any atom is -0.122 e. The summed E-state index contributed by atoms with van der Waals surface area (Å²) < 4.78 is 0. The van der Waals surface area contributed by atoms with Crippen molar-refractivity contribution in [1.29, 1.82) is 0 Å². The Hall–Kier alpha value is 0.0300. The van der Waals surface area contributed by atoms with Gasteiger partial charge in [-0.05, 0) is 37.5 Å². The molecular weight excluding hydrogens is 276 g/mol. The molecule has 0 saturated heterocycles. The smallest absolute Gasteiger partial charge is 0.0406 e. The van der Waals surface area contributed by atoms with Gasteiger partial charge in [0.2, 0.25) is 0 Å². The van der Waals surface area contributed by atoms with E-state index in [4.69, 9.17) is 11.6 Å². The van der Waals surface area contributed by atoms with Crippen LogP contribution in [0.5, 0.6) is 0 Å². The van der Waals surface area contributed by atoms with Gasteiger partial charge in [-0.2, -0.15) is 0 Å². The summed E-state index contributed by atoms with van der Waals surface area (Å²) in [6.45, 7) is 11.7. The van der Waals surface area contributed by atoms with E-state index in [1.165, 1.54) is 63.4 Å². The second-order valence-electron chi connectivity index (χ2n) is 7.56. The van der Waals surface area contributed by atoms with Gasteiger partial charge in [-0.15, -0.1) is 11.6 Å². The lowest BCUT2D eigenvalue weighted by atomic mass is 9.91. The molecule has 21 heavy (non-hydrogen) atoms. The monoisotopic (exact) mass is 314 g/mol. The zero-order valence-corrected chi connectivity index (χ0v) is 16.0. The lowest BCUT2D eigenvalue weighted by Gasteiger charge is -2.15. The summed E-state index contributed by atoms with van der Waals surface area (Å²) in [4.78, 5) is 0. The fourth-order valence-electron chi connectivity index (χ4n) is 2.94. The zero-order chi connectivity index (χ0) is 16.1. The summed E-state index contributed by atoms with van der Waals surface area (Å²) >= 11 is 5.71. The highest BCUT2D eigenvalue weighted by atomic mass is 35.5. The first-order chi connectivity index (χ1) is 9.95. The van der Waals surface area contributed by atoms with E-state index in [9.17, 15) is 0 Å². The van der Waals surface area contributed by atoms with Crippen molar-refractivity contribution in [3.63, 3.8) is 0 Å². The molecule has 0 aliphatic carbocycles. The van der Waals surface area contributed by atoms with Crippen molar-refractivity contribution in [3.8, 4) is 0 Å². The van der Waals surface area contributed by atoms with Gasteiger partial charge in [0.05, 0.1) is 0 Å². The van der Waals surface area contributed by atoms with E-state index in [0.29, 0.717) is 5.88 Å². The molecule has 126 valence electrons. The molecular formula is C20H39Cl. The van der Waals surface area contributed by atoms with Crippen LogP contribution in [0.3, 0.4) is 0 Å². The Morgan fingerprint density at radius 3 is 1.76 bits per heavy atom. The van der Waals surface area contributed by atoms with Crippen molar-refractivity contribution in [3.05, 3.63) is 11.6 Å². The summed E-state index contributed by atoms with van der Waals surface area (Å²) in [6, 6.07) is 0. The van der Waals surface area contributed by atoms with E-state index < -0.39 is 0 Å². The fourth-order valence-corrected chi connectivity index (χ4v) is 3.20. The third kappa shape index (κ3) is 14.7. The molecule has 0 amide bonds. The van der Waals surface area contributed by atoms with E-state index in [0.717, 1.165) is 17.8 Å². The van der Waals surface area contributed by atoms with Crippen LogP contribution in [0.1, 0.15) is 92.4 Å². The first-order valence-electron chi connectivity index (χ1n) is 9.17. The summed E-state index contributed by atoms with van der Waals surface area (Å²) in [5.41, 5.74) is 1.45. The molecule has 0 aliphatic heterocycles. The highest BCUT2D eigenvalue weighted by Crippen LogP contribution is 2.21. The Morgan fingerprint density at radius 2 is 1.29 bits per heavy atom. The molecule has 0 rings (SSSR count). The van der Waals surface area contributed by atoms with Crippen molar-refractivity contribution in [2.24, 2.45) is 17.8 Å². The molecule has 0 N–H and O–H groups in total. The highest BCUT2D eigenvalue weighted by Gasteiger charge is 2.06. The van der Waals surface area contributed by atoms with Crippen LogP contribution in [0.15, 0.2) is 11.6 Å². The van der Waals surface area contributed by atoms with Gasteiger partial charge in [0, 0.05) is 5.88 Å². The molecule has 0 saturated carbocycles. The normalized spacial score (nSPS) is 15.5. The van der Waals surface area contributed by atoms with Gasteiger partial charge < -0.3 is 0 Å². The Kier molecular flexibility index (Phi) is 13.7. The largest absolute Gasteiger partial charge is 0.122 e. The molecule has 0 fully saturated rings. The maximum atomic E-state index is 5.71. The second-order valence-corrected chi connectivity index (χ2v) is 7.87. The Labute approximate surface area is 139 Å². The van der Waals surface area contributed by atoms with Crippen molar-refractivity contribution in [2.75, 3.05) is 5.88 Å². The predicted molar refractivity (Wildman–Crippen MR) is 99.2 cm³/mol. The van der Waals surface area contributed by atoms with Crippen LogP contribution in [0.25, 0.3) is 0 Å². The number of halogens is 1. The van der Waals surface area contributed by atoms with Crippen molar-refractivity contribution in [1.82, 2.24) is 0 Å². The van der Waals surface area contributed by atoms with Crippen molar-refractivity contribution < 1.29 is 0 Å². The van der Waals surface area contributed by atoms with E-state index in [1.54, 1.807) is 0 Å². The second kappa shape index (κ2) is 13.7. The van der Waals surface area contributed by atoms with E-state index in [2.05, 4.69) is 40.7 Å². The standard InChI is InChI=1S/C20H39Cl/c1-17(2)9-6-10-18(3)11-7-12-19(4)13-8-14-20(5)15-16-21/h15,17-19H,6-14,16H2,1-5H3. The number of alkyl halides is 1. The molecule has 0 radical (unpaired) electrons. The molecule has 2 unspecified atom stereocenters. The Balaban J connectivity index is 3.52. The fraction of sp³-hybridized carbons (Fsp3) is 0.900. The van der Waals surface area contributed by atoms with Crippen molar-refractivity contribution >= 4 is 11.6 Å². The zero-order valence-electron chi connectivity index (χ0n) is 15.3. The van der Waals surface area contributed by atoms with Gasteiger partial charge in [0.1, 0.15) is 0 Å². The topological polar surface area (TPSA) is 0 Å². The van der Waals surface area contributed by atoms with E-state index in [-0.39, 0.29) is 0 Å². The van der Waals surface area contributed by atoms with Crippen LogP contribution < -0.4 is 0 Å². The lowest BCUT2D eigenvalue weighted by molar-refractivity contribution is 0.389. The van der Waals surface area contributed by atoms with Gasteiger partial charge in [-0.25, -0.2) is 0 Å². The molecule has 0 aromatic rings. The molecule has 0 heterocycles. The van der Waals surface area contributed by atoms with Crippen LogP contribution in [-0.4, -0.2) is 5.88 Å². The van der Waals surface area contributed by atoms with Gasteiger partial charge >= 0.3 is 0 Å². The predicted octanol–water partition coefficient (Wildman–Crippen LogP) is 7.61. The number of rotatable bonds is 13. The minimum absolute atomic E-state index is 0.663. The Bertz CT molecular complexity index is 255. The molecule has 1 heteroatoms. The third-order valence-electron chi connectivity index (χ3n) is 4.57. The summed E-state index contributed by atoms with van der Waals surface area (Å²) in [5.74, 6) is 3.34. The van der Waals surface area contributed by atoms with Crippen LogP contribution in [0, 0.1) is 17.8 Å².